The molecule has 1 aromatic heterocycles. The molecule has 0 atom stereocenters. The summed E-state index contributed by atoms with van der Waals surface area (Å²) >= 11 is 0. The summed E-state index contributed by atoms with van der Waals surface area (Å²) in [5.41, 5.74) is 4.11. The minimum atomic E-state index is -0.484. The summed E-state index contributed by atoms with van der Waals surface area (Å²) in [6.07, 6.45) is 0. The van der Waals surface area contributed by atoms with E-state index < -0.39 is 5.97 Å². The molecule has 1 N–H and O–H groups in total. The van der Waals surface area contributed by atoms with E-state index in [1.165, 1.54) is 0 Å². The van der Waals surface area contributed by atoms with Crippen LogP contribution in [0, 0.1) is 13.8 Å². The topological polar surface area (TPSA) is 72.8 Å². The first-order chi connectivity index (χ1) is 13.9. The van der Waals surface area contributed by atoms with Gasteiger partial charge < -0.3 is 24.3 Å². The number of aromatic nitrogens is 1. The summed E-state index contributed by atoms with van der Waals surface area (Å²) < 4.78 is 12.7. The highest BCUT2D eigenvalue weighted by atomic mass is 16.5. The van der Waals surface area contributed by atoms with Gasteiger partial charge in [-0.15, -0.1) is 0 Å². The highest BCUT2D eigenvalue weighted by Crippen LogP contribution is 2.21. The van der Waals surface area contributed by atoms with E-state index in [-0.39, 0.29) is 18.6 Å². The summed E-state index contributed by atoms with van der Waals surface area (Å²) in [5.74, 6) is -0.849. The minimum absolute atomic E-state index is 0.250. The quantitative estimate of drug-likeness (QED) is 0.755. The molecule has 0 radical (unpaired) electrons. The predicted molar refractivity (Wildman–Crippen MR) is 113 cm³/mol. The molecule has 156 valence electrons. The number of aryl methyl sites for hydroxylation is 1. The van der Waals surface area contributed by atoms with Crippen LogP contribution in [-0.2, 0) is 14.3 Å². The Balaban J connectivity index is 1.53. The molecule has 1 aliphatic rings. The van der Waals surface area contributed by atoms with Crippen molar-refractivity contribution >= 4 is 23.3 Å². The fourth-order valence-corrected chi connectivity index (χ4v) is 3.76. The average Bonchev–Trinajstić information content (AvgIpc) is 3.01. The number of carbonyl (C=O) groups excluding carboxylic acids is 2. The number of ether oxygens (including phenoxy) is 2. The van der Waals surface area contributed by atoms with Crippen molar-refractivity contribution in [2.24, 2.45) is 0 Å². The summed E-state index contributed by atoms with van der Waals surface area (Å²) in [7, 11) is 0. The number of esters is 1. The zero-order valence-corrected chi connectivity index (χ0v) is 17.5. The maximum atomic E-state index is 12.4. The first-order valence-electron chi connectivity index (χ1n) is 9.95. The van der Waals surface area contributed by atoms with E-state index in [2.05, 4.69) is 28.6 Å². The highest BCUT2D eigenvalue weighted by molar-refractivity contribution is 5.96. The molecule has 2 aromatic rings. The molecule has 7 nitrogen and oxygen atoms in total. The fourth-order valence-electron chi connectivity index (χ4n) is 3.76. The van der Waals surface area contributed by atoms with Gasteiger partial charge in [0.25, 0.3) is 5.91 Å². The normalized spacial score (nSPS) is 14.2. The second-order valence-electron chi connectivity index (χ2n) is 7.52. The van der Waals surface area contributed by atoms with Crippen LogP contribution >= 0.6 is 0 Å². The van der Waals surface area contributed by atoms with Crippen LogP contribution in [0.2, 0.25) is 0 Å². The van der Waals surface area contributed by atoms with Crippen molar-refractivity contribution in [3.63, 3.8) is 0 Å². The molecule has 0 saturated carbocycles. The maximum absolute atomic E-state index is 12.4. The summed E-state index contributed by atoms with van der Waals surface area (Å²) in [5, 5.41) is 2.76. The molecule has 0 aliphatic carbocycles. The number of benzene rings is 1. The molecular formula is C22H29N3O4. The summed E-state index contributed by atoms with van der Waals surface area (Å²) in [6.45, 7) is 10.8. The van der Waals surface area contributed by atoms with E-state index in [1.807, 2.05) is 38.1 Å². The van der Waals surface area contributed by atoms with Crippen molar-refractivity contribution in [1.82, 2.24) is 4.57 Å². The average molecular weight is 399 g/mol. The number of hydrogen-bond donors (Lipinski definition) is 1. The molecule has 1 fully saturated rings. The predicted octanol–water partition coefficient (Wildman–Crippen LogP) is 3.32. The number of amides is 1. The number of hydrogen-bond acceptors (Lipinski definition) is 5. The van der Waals surface area contributed by atoms with E-state index in [1.54, 1.807) is 6.07 Å². The Kier molecular flexibility index (Phi) is 6.59. The van der Waals surface area contributed by atoms with Gasteiger partial charge in [0.05, 0.1) is 18.8 Å². The SMILES string of the molecule is Cc1cc(C(=O)OCC(=O)Nc2ccc(N3CCOCC3)cc2)c(C)n1C(C)C. The van der Waals surface area contributed by atoms with Crippen molar-refractivity contribution < 1.29 is 19.1 Å². The molecule has 1 aromatic carbocycles. The molecular weight excluding hydrogens is 370 g/mol. The smallest absolute Gasteiger partial charge is 0.340 e. The van der Waals surface area contributed by atoms with Gasteiger partial charge in [0.15, 0.2) is 6.61 Å². The number of rotatable bonds is 6. The van der Waals surface area contributed by atoms with Crippen LogP contribution < -0.4 is 10.2 Å². The van der Waals surface area contributed by atoms with Crippen LogP contribution in [0.5, 0.6) is 0 Å². The molecule has 3 rings (SSSR count). The third-order valence-electron chi connectivity index (χ3n) is 5.08. The van der Waals surface area contributed by atoms with Gasteiger partial charge in [-0.05, 0) is 58.0 Å². The maximum Gasteiger partial charge on any atom is 0.340 e. The Hall–Kier alpha value is -2.80. The van der Waals surface area contributed by atoms with Gasteiger partial charge in [0.2, 0.25) is 0 Å². The van der Waals surface area contributed by atoms with Crippen molar-refractivity contribution in [2.75, 3.05) is 43.1 Å². The largest absolute Gasteiger partial charge is 0.452 e. The zero-order valence-electron chi connectivity index (χ0n) is 17.5. The number of anilines is 2. The van der Waals surface area contributed by atoms with E-state index in [0.717, 1.165) is 43.4 Å². The molecule has 1 amide bonds. The van der Waals surface area contributed by atoms with Crippen LogP contribution in [0.1, 0.15) is 41.6 Å². The molecule has 0 bridgehead atoms. The summed E-state index contributed by atoms with van der Waals surface area (Å²) in [6, 6.07) is 9.68. The zero-order chi connectivity index (χ0) is 21.0. The van der Waals surface area contributed by atoms with Crippen molar-refractivity contribution in [3.05, 3.63) is 47.3 Å². The van der Waals surface area contributed by atoms with Gasteiger partial charge >= 0.3 is 5.97 Å². The van der Waals surface area contributed by atoms with Crippen molar-refractivity contribution in [2.45, 2.75) is 33.7 Å². The van der Waals surface area contributed by atoms with E-state index in [0.29, 0.717) is 11.3 Å². The van der Waals surface area contributed by atoms with E-state index in [9.17, 15) is 9.59 Å². The molecule has 0 unspecified atom stereocenters. The third-order valence-corrected chi connectivity index (χ3v) is 5.08. The lowest BCUT2D eigenvalue weighted by molar-refractivity contribution is -0.119. The fraction of sp³-hybridized carbons (Fsp3) is 0.455. The van der Waals surface area contributed by atoms with Gasteiger partial charge in [-0.25, -0.2) is 4.79 Å². The summed E-state index contributed by atoms with van der Waals surface area (Å²) in [4.78, 5) is 26.8. The van der Waals surface area contributed by atoms with E-state index in [4.69, 9.17) is 9.47 Å². The molecule has 0 spiro atoms. The lowest BCUT2D eigenvalue weighted by atomic mass is 10.2. The van der Waals surface area contributed by atoms with Crippen molar-refractivity contribution in [3.8, 4) is 0 Å². The number of carbonyl (C=O) groups is 2. The second kappa shape index (κ2) is 9.13. The second-order valence-corrected chi connectivity index (χ2v) is 7.52. The highest BCUT2D eigenvalue weighted by Gasteiger charge is 2.19. The first kappa shape index (κ1) is 20.9. The van der Waals surface area contributed by atoms with Gasteiger partial charge in [-0.3, -0.25) is 4.79 Å². The van der Waals surface area contributed by atoms with Gasteiger partial charge in [0.1, 0.15) is 0 Å². The van der Waals surface area contributed by atoms with Crippen LogP contribution in [0.25, 0.3) is 0 Å². The number of morpholine rings is 1. The van der Waals surface area contributed by atoms with Crippen LogP contribution in [-0.4, -0.2) is 49.4 Å². The number of nitrogens with one attached hydrogen (secondary N) is 1. The Morgan fingerprint density at radius 2 is 1.79 bits per heavy atom. The van der Waals surface area contributed by atoms with Crippen LogP contribution in [0.4, 0.5) is 11.4 Å². The standard InChI is InChI=1S/C22H29N3O4/c1-15(2)25-16(3)13-20(17(25)4)22(27)29-14-21(26)23-18-5-7-19(8-6-18)24-9-11-28-12-10-24/h5-8,13,15H,9-12,14H2,1-4H3,(H,23,26). The molecule has 2 heterocycles. The van der Waals surface area contributed by atoms with Gasteiger partial charge in [0, 0.05) is 41.9 Å². The Morgan fingerprint density at radius 1 is 1.14 bits per heavy atom. The Morgan fingerprint density at radius 3 is 2.38 bits per heavy atom. The van der Waals surface area contributed by atoms with Gasteiger partial charge in [-0.1, -0.05) is 0 Å². The van der Waals surface area contributed by atoms with Crippen LogP contribution in [0.15, 0.2) is 30.3 Å². The Labute approximate surface area is 171 Å². The lowest BCUT2D eigenvalue weighted by Crippen LogP contribution is -2.36. The molecule has 1 aliphatic heterocycles. The van der Waals surface area contributed by atoms with Gasteiger partial charge in [-0.2, -0.15) is 0 Å². The molecule has 1 saturated heterocycles. The third kappa shape index (κ3) is 4.98. The molecule has 29 heavy (non-hydrogen) atoms. The number of nitrogens with zero attached hydrogens (tertiary/aromatic N) is 2. The van der Waals surface area contributed by atoms with Crippen molar-refractivity contribution in [1.29, 1.82) is 0 Å². The monoisotopic (exact) mass is 399 g/mol. The minimum Gasteiger partial charge on any atom is -0.452 e. The lowest BCUT2D eigenvalue weighted by Gasteiger charge is -2.28. The molecule has 7 heteroatoms. The van der Waals surface area contributed by atoms with Crippen LogP contribution in [0.3, 0.4) is 0 Å². The Bertz CT molecular complexity index is 865. The van der Waals surface area contributed by atoms with E-state index >= 15 is 0 Å². The first-order valence-corrected chi connectivity index (χ1v) is 9.95.